The summed E-state index contributed by atoms with van der Waals surface area (Å²) in [5, 5.41) is 3.49. The van der Waals surface area contributed by atoms with Crippen LogP contribution in [0.5, 0.6) is 0 Å². The summed E-state index contributed by atoms with van der Waals surface area (Å²) in [7, 11) is 2.22. The normalized spacial score (nSPS) is 13.9. The van der Waals surface area contributed by atoms with Gasteiger partial charge >= 0.3 is 0 Å². The van der Waals surface area contributed by atoms with Gasteiger partial charge in [0.25, 0.3) is 0 Å². The summed E-state index contributed by atoms with van der Waals surface area (Å²) >= 11 is 0. The third-order valence-electron chi connectivity index (χ3n) is 2.62. The topological polar surface area (TPSA) is 15.3 Å². The van der Waals surface area contributed by atoms with E-state index in [1.54, 1.807) is 0 Å². The predicted molar refractivity (Wildman–Crippen MR) is 64.7 cm³/mol. The molecule has 0 fully saturated rings. The maximum absolute atomic E-state index is 3.49. The number of hydrogen-bond donors (Lipinski definition) is 1. The third kappa shape index (κ3) is 7.34. The molecule has 0 saturated carbocycles. The Morgan fingerprint density at radius 1 is 1.21 bits per heavy atom. The fourth-order valence-electron chi connectivity index (χ4n) is 1.50. The van der Waals surface area contributed by atoms with Crippen LogP contribution in [0.2, 0.25) is 0 Å². The molecule has 0 aliphatic rings. The summed E-state index contributed by atoms with van der Waals surface area (Å²) in [4.78, 5) is 2.44. The van der Waals surface area contributed by atoms with Crippen molar-refractivity contribution in [2.75, 3.05) is 26.7 Å². The molecule has 0 spiro atoms. The molecule has 0 aromatic heterocycles. The van der Waals surface area contributed by atoms with E-state index in [1.165, 1.54) is 19.4 Å². The average molecular weight is 200 g/mol. The van der Waals surface area contributed by atoms with Gasteiger partial charge in [-0.15, -0.1) is 0 Å². The van der Waals surface area contributed by atoms with Crippen molar-refractivity contribution in [3.8, 4) is 0 Å². The Labute approximate surface area is 90.1 Å². The van der Waals surface area contributed by atoms with E-state index in [1.807, 2.05) is 0 Å². The second-order valence-corrected chi connectivity index (χ2v) is 4.72. The van der Waals surface area contributed by atoms with E-state index < -0.39 is 0 Å². The van der Waals surface area contributed by atoms with Gasteiger partial charge in [-0.1, -0.05) is 20.8 Å². The van der Waals surface area contributed by atoms with E-state index in [0.29, 0.717) is 6.04 Å². The first-order chi connectivity index (χ1) is 6.57. The molecule has 0 saturated heterocycles. The Morgan fingerprint density at radius 3 is 2.36 bits per heavy atom. The average Bonchev–Trinajstić information content (AvgIpc) is 2.12. The highest BCUT2D eigenvalue weighted by Crippen LogP contribution is 2.00. The summed E-state index contributed by atoms with van der Waals surface area (Å²) in [6.07, 6.45) is 2.50. The second kappa shape index (κ2) is 8.25. The largest absolute Gasteiger partial charge is 0.316 e. The Hall–Kier alpha value is -0.0800. The van der Waals surface area contributed by atoms with Crippen molar-refractivity contribution in [2.45, 2.75) is 46.6 Å². The molecule has 0 aromatic carbocycles. The van der Waals surface area contributed by atoms with Gasteiger partial charge < -0.3 is 10.2 Å². The molecule has 86 valence electrons. The van der Waals surface area contributed by atoms with Crippen LogP contribution in [-0.4, -0.2) is 37.6 Å². The van der Waals surface area contributed by atoms with Gasteiger partial charge in [-0.3, -0.25) is 0 Å². The summed E-state index contributed by atoms with van der Waals surface area (Å²) in [5.74, 6) is 0.763. The molecule has 1 N–H and O–H groups in total. The van der Waals surface area contributed by atoms with Gasteiger partial charge in [-0.25, -0.2) is 0 Å². The minimum absolute atomic E-state index is 0.703. The number of nitrogens with zero attached hydrogens (tertiary/aromatic N) is 1. The van der Waals surface area contributed by atoms with Crippen LogP contribution in [0, 0.1) is 5.92 Å². The van der Waals surface area contributed by atoms with E-state index in [0.717, 1.165) is 19.0 Å². The molecule has 2 heteroatoms. The molecule has 0 aliphatic carbocycles. The molecule has 0 bridgehead atoms. The quantitative estimate of drug-likeness (QED) is 0.605. The van der Waals surface area contributed by atoms with Crippen molar-refractivity contribution in [1.82, 2.24) is 10.2 Å². The maximum Gasteiger partial charge on any atom is 0.00759 e. The predicted octanol–water partition coefficient (Wildman–Crippen LogP) is 2.35. The van der Waals surface area contributed by atoms with Crippen LogP contribution in [0.3, 0.4) is 0 Å². The molecule has 2 nitrogen and oxygen atoms in total. The highest BCUT2D eigenvalue weighted by atomic mass is 15.1. The first-order valence-electron chi connectivity index (χ1n) is 5.98. The molecule has 0 amide bonds. The molecule has 14 heavy (non-hydrogen) atoms. The zero-order valence-corrected chi connectivity index (χ0v) is 10.6. The third-order valence-corrected chi connectivity index (χ3v) is 2.62. The van der Waals surface area contributed by atoms with E-state index in [4.69, 9.17) is 0 Å². The first-order valence-corrected chi connectivity index (χ1v) is 5.98. The second-order valence-electron chi connectivity index (χ2n) is 4.72. The molecule has 0 heterocycles. The molecule has 0 radical (unpaired) electrons. The van der Waals surface area contributed by atoms with E-state index >= 15 is 0 Å². The molecule has 1 unspecified atom stereocenters. The van der Waals surface area contributed by atoms with E-state index in [-0.39, 0.29) is 0 Å². The first kappa shape index (κ1) is 13.9. The van der Waals surface area contributed by atoms with Crippen LogP contribution in [0.1, 0.15) is 40.5 Å². The van der Waals surface area contributed by atoms with Gasteiger partial charge in [0.1, 0.15) is 0 Å². The molecule has 0 aromatic rings. The minimum atomic E-state index is 0.703. The lowest BCUT2D eigenvalue weighted by Gasteiger charge is -2.24. The fourth-order valence-corrected chi connectivity index (χ4v) is 1.50. The summed E-state index contributed by atoms with van der Waals surface area (Å²) < 4.78 is 0. The van der Waals surface area contributed by atoms with Gasteiger partial charge in [-0.2, -0.15) is 0 Å². The van der Waals surface area contributed by atoms with E-state index in [9.17, 15) is 0 Å². The molecular formula is C12H28N2. The molecule has 0 aliphatic heterocycles. The molecule has 1 atom stereocenters. The lowest BCUT2D eigenvalue weighted by Crippen LogP contribution is -2.33. The van der Waals surface area contributed by atoms with Gasteiger partial charge in [0.05, 0.1) is 0 Å². The molecule has 0 rings (SSSR count). The van der Waals surface area contributed by atoms with Crippen molar-refractivity contribution in [3.63, 3.8) is 0 Å². The van der Waals surface area contributed by atoms with Gasteiger partial charge in [0.15, 0.2) is 0 Å². The zero-order valence-electron chi connectivity index (χ0n) is 10.6. The highest BCUT2D eigenvalue weighted by Gasteiger charge is 2.06. The summed E-state index contributed by atoms with van der Waals surface area (Å²) in [6, 6.07) is 0.703. The Kier molecular flexibility index (Phi) is 8.20. The van der Waals surface area contributed by atoms with Crippen molar-refractivity contribution < 1.29 is 0 Å². The Balaban J connectivity index is 3.38. The van der Waals surface area contributed by atoms with Crippen LogP contribution in [0.15, 0.2) is 0 Å². The summed E-state index contributed by atoms with van der Waals surface area (Å²) in [6.45, 7) is 12.6. The highest BCUT2D eigenvalue weighted by molar-refractivity contribution is 4.64. The van der Waals surface area contributed by atoms with Crippen LogP contribution < -0.4 is 5.32 Å². The Morgan fingerprint density at radius 2 is 1.86 bits per heavy atom. The van der Waals surface area contributed by atoms with Crippen LogP contribution >= 0.6 is 0 Å². The van der Waals surface area contributed by atoms with Crippen molar-refractivity contribution in [1.29, 1.82) is 0 Å². The van der Waals surface area contributed by atoms with E-state index in [2.05, 4.69) is 45.0 Å². The zero-order chi connectivity index (χ0) is 11.0. The van der Waals surface area contributed by atoms with Crippen molar-refractivity contribution in [3.05, 3.63) is 0 Å². The number of hydrogen-bond acceptors (Lipinski definition) is 2. The SMILES string of the molecule is CCCN(C)C(C)CCNCC(C)C. The lowest BCUT2D eigenvalue weighted by atomic mass is 10.2. The molecular weight excluding hydrogens is 172 g/mol. The van der Waals surface area contributed by atoms with Gasteiger partial charge in [-0.05, 0) is 52.4 Å². The van der Waals surface area contributed by atoms with Gasteiger partial charge in [0.2, 0.25) is 0 Å². The minimum Gasteiger partial charge on any atom is -0.316 e. The Bertz CT molecular complexity index is 123. The van der Waals surface area contributed by atoms with Crippen LogP contribution in [0.4, 0.5) is 0 Å². The lowest BCUT2D eigenvalue weighted by molar-refractivity contribution is 0.244. The number of rotatable bonds is 8. The van der Waals surface area contributed by atoms with Crippen molar-refractivity contribution in [2.24, 2.45) is 5.92 Å². The number of nitrogens with one attached hydrogen (secondary N) is 1. The van der Waals surface area contributed by atoms with Crippen LogP contribution in [0.25, 0.3) is 0 Å². The monoisotopic (exact) mass is 200 g/mol. The maximum atomic E-state index is 3.49. The standard InChI is InChI=1S/C12H28N2/c1-6-9-14(5)12(4)7-8-13-10-11(2)3/h11-13H,6-10H2,1-5H3. The summed E-state index contributed by atoms with van der Waals surface area (Å²) in [5.41, 5.74) is 0. The smallest absolute Gasteiger partial charge is 0.00759 e. The van der Waals surface area contributed by atoms with Crippen LogP contribution in [-0.2, 0) is 0 Å². The fraction of sp³-hybridized carbons (Fsp3) is 1.00. The van der Waals surface area contributed by atoms with Crippen molar-refractivity contribution >= 4 is 0 Å². The van der Waals surface area contributed by atoms with Gasteiger partial charge in [0, 0.05) is 6.04 Å².